The molecule has 3 rings (SSSR count). The maximum absolute atomic E-state index is 12.7. The van der Waals surface area contributed by atoms with Crippen molar-refractivity contribution in [1.82, 2.24) is 10.2 Å². The molecule has 28 heavy (non-hydrogen) atoms. The Hall–Kier alpha value is -3.02. The van der Waals surface area contributed by atoms with E-state index in [9.17, 15) is 9.59 Å². The van der Waals surface area contributed by atoms with E-state index in [2.05, 4.69) is 5.32 Å². The summed E-state index contributed by atoms with van der Waals surface area (Å²) < 4.78 is 10.6. The molecule has 0 radical (unpaired) electrons. The van der Waals surface area contributed by atoms with Gasteiger partial charge < -0.3 is 19.7 Å². The normalized spacial score (nSPS) is 14.4. The second kappa shape index (κ2) is 9.26. The summed E-state index contributed by atoms with van der Waals surface area (Å²) >= 11 is 0. The number of benzene rings is 2. The number of hydrogen-bond acceptors (Lipinski definition) is 4. The minimum Gasteiger partial charge on any atom is -0.497 e. The van der Waals surface area contributed by atoms with E-state index in [1.807, 2.05) is 41.3 Å². The highest BCUT2D eigenvalue weighted by molar-refractivity contribution is 5.94. The molecule has 0 aliphatic carbocycles. The minimum atomic E-state index is -0.0634. The van der Waals surface area contributed by atoms with Crippen molar-refractivity contribution in [2.24, 2.45) is 0 Å². The van der Waals surface area contributed by atoms with E-state index in [1.54, 1.807) is 26.4 Å². The van der Waals surface area contributed by atoms with E-state index in [0.29, 0.717) is 30.2 Å². The van der Waals surface area contributed by atoms with Crippen molar-refractivity contribution < 1.29 is 19.1 Å². The molecule has 1 N–H and O–H groups in total. The molecular formula is C22H26N2O4. The average molecular weight is 382 g/mol. The fourth-order valence-electron chi connectivity index (χ4n) is 3.43. The number of piperidine rings is 1. The second-order valence-electron chi connectivity index (χ2n) is 6.85. The number of methoxy groups -OCH3 is 2. The maximum Gasteiger partial charge on any atom is 0.251 e. The number of carbonyl (C=O) groups excluding carboxylic acids is 2. The lowest BCUT2D eigenvalue weighted by atomic mass is 10.0. The Labute approximate surface area is 165 Å². The fraction of sp³-hybridized carbons (Fsp3) is 0.364. The highest BCUT2D eigenvalue weighted by Gasteiger charge is 2.25. The standard InChI is InChI=1S/C22H26N2O4/c1-27-19-8-9-20(28-2)17(14-19)15-21(25)24-12-10-18(11-13-24)23-22(26)16-6-4-3-5-7-16/h3-9,14,18H,10-13,15H2,1-2H3,(H,23,26). The SMILES string of the molecule is COc1ccc(OC)c(CC(=O)N2CCC(NC(=O)c3ccccc3)CC2)c1. The number of nitrogens with zero attached hydrogens (tertiary/aromatic N) is 1. The molecule has 0 atom stereocenters. The summed E-state index contributed by atoms with van der Waals surface area (Å²) in [6.07, 6.45) is 1.76. The van der Waals surface area contributed by atoms with Gasteiger partial charge in [0.1, 0.15) is 11.5 Å². The molecule has 0 unspecified atom stereocenters. The Morgan fingerprint density at radius 2 is 1.75 bits per heavy atom. The fourth-order valence-corrected chi connectivity index (χ4v) is 3.43. The van der Waals surface area contributed by atoms with Crippen molar-refractivity contribution in [3.63, 3.8) is 0 Å². The van der Waals surface area contributed by atoms with Gasteiger partial charge in [-0.15, -0.1) is 0 Å². The van der Waals surface area contributed by atoms with Crippen molar-refractivity contribution in [2.45, 2.75) is 25.3 Å². The number of carbonyl (C=O) groups is 2. The van der Waals surface area contributed by atoms with E-state index in [0.717, 1.165) is 18.4 Å². The molecule has 148 valence electrons. The van der Waals surface area contributed by atoms with Gasteiger partial charge in [0.2, 0.25) is 5.91 Å². The van der Waals surface area contributed by atoms with Crippen molar-refractivity contribution in [1.29, 1.82) is 0 Å². The lowest BCUT2D eigenvalue weighted by Gasteiger charge is -2.32. The Balaban J connectivity index is 1.53. The lowest BCUT2D eigenvalue weighted by molar-refractivity contribution is -0.131. The number of nitrogens with one attached hydrogen (secondary N) is 1. The van der Waals surface area contributed by atoms with E-state index in [-0.39, 0.29) is 24.3 Å². The number of hydrogen-bond donors (Lipinski definition) is 1. The van der Waals surface area contributed by atoms with E-state index in [4.69, 9.17) is 9.47 Å². The molecule has 0 bridgehead atoms. The van der Waals surface area contributed by atoms with Crippen LogP contribution in [0.25, 0.3) is 0 Å². The molecule has 1 aliphatic rings. The van der Waals surface area contributed by atoms with Crippen LogP contribution < -0.4 is 14.8 Å². The number of rotatable bonds is 6. The van der Waals surface area contributed by atoms with Crippen molar-refractivity contribution >= 4 is 11.8 Å². The van der Waals surface area contributed by atoms with Gasteiger partial charge in [-0.1, -0.05) is 18.2 Å². The third-order valence-electron chi connectivity index (χ3n) is 5.05. The Bertz CT molecular complexity index is 815. The van der Waals surface area contributed by atoms with Gasteiger partial charge in [-0.3, -0.25) is 9.59 Å². The molecule has 1 fully saturated rings. The topological polar surface area (TPSA) is 67.9 Å². The van der Waals surface area contributed by atoms with Crippen LogP contribution in [0, 0.1) is 0 Å². The summed E-state index contributed by atoms with van der Waals surface area (Å²) in [6, 6.07) is 14.7. The third kappa shape index (κ3) is 4.82. The summed E-state index contributed by atoms with van der Waals surface area (Å²) in [7, 11) is 3.19. The molecular weight excluding hydrogens is 356 g/mol. The molecule has 1 heterocycles. The van der Waals surface area contributed by atoms with Gasteiger partial charge in [-0.25, -0.2) is 0 Å². The zero-order valence-electron chi connectivity index (χ0n) is 16.3. The van der Waals surface area contributed by atoms with Crippen molar-refractivity contribution in [2.75, 3.05) is 27.3 Å². The number of likely N-dealkylation sites (tertiary alicyclic amines) is 1. The first-order valence-corrected chi connectivity index (χ1v) is 9.45. The number of amides is 2. The molecule has 1 aliphatic heterocycles. The molecule has 6 nitrogen and oxygen atoms in total. The van der Waals surface area contributed by atoms with Crippen LogP contribution in [0.4, 0.5) is 0 Å². The Kier molecular flexibility index (Phi) is 6.53. The average Bonchev–Trinajstić information content (AvgIpc) is 2.74. The van der Waals surface area contributed by atoms with Crippen LogP contribution >= 0.6 is 0 Å². The summed E-state index contributed by atoms with van der Waals surface area (Å²) in [4.78, 5) is 26.9. The highest BCUT2D eigenvalue weighted by Crippen LogP contribution is 2.25. The Morgan fingerprint density at radius 3 is 2.39 bits per heavy atom. The summed E-state index contributed by atoms with van der Waals surface area (Å²) in [5.74, 6) is 1.37. The van der Waals surface area contributed by atoms with Crippen LogP contribution in [-0.2, 0) is 11.2 Å². The second-order valence-corrected chi connectivity index (χ2v) is 6.85. The first kappa shape index (κ1) is 19.7. The van der Waals surface area contributed by atoms with Crippen LogP contribution in [-0.4, -0.2) is 50.1 Å². The van der Waals surface area contributed by atoms with Crippen LogP contribution in [0.2, 0.25) is 0 Å². The van der Waals surface area contributed by atoms with Crippen LogP contribution in [0.5, 0.6) is 11.5 Å². The molecule has 1 saturated heterocycles. The molecule has 0 aromatic heterocycles. The van der Waals surface area contributed by atoms with Gasteiger partial charge in [0, 0.05) is 30.3 Å². The molecule has 0 spiro atoms. The zero-order chi connectivity index (χ0) is 19.9. The smallest absolute Gasteiger partial charge is 0.251 e. The summed E-state index contributed by atoms with van der Waals surface area (Å²) in [6.45, 7) is 1.26. The van der Waals surface area contributed by atoms with Crippen LogP contribution in [0.15, 0.2) is 48.5 Å². The summed E-state index contributed by atoms with van der Waals surface area (Å²) in [5, 5.41) is 3.06. The largest absolute Gasteiger partial charge is 0.497 e. The van der Waals surface area contributed by atoms with Gasteiger partial charge in [0.25, 0.3) is 5.91 Å². The van der Waals surface area contributed by atoms with Gasteiger partial charge >= 0.3 is 0 Å². The monoisotopic (exact) mass is 382 g/mol. The third-order valence-corrected chi connectivity index (χ3v) is 5.05. The first-order valence-electron chi connectivity index (χ1n) is 9.45. The Morgan fingerprint density at radius 1 is 1.04 bits per heavy atom. The quantitative estimate of drug-likeness (QED) is 0.834. The van der Waals surface area contributed by atoms with Gasteiger partial charge in [-0.2, -0.15) is 0 Å². The predicted molar refractivity (Wildman–Crippen MR) is 107 cm³/mol. The zero-order valence-corrected chi connectivity index (χ0v) is 16.3. The predicted octanol–water partition coefficient (Wildman–Crippen LogP) is 2.67. The van der Waals surface area contributed by atoms with Crippen LogP contribution in [0.1, 0.15) is 28.8 Å². The molecule has 2 aromatic carbocycles. The lowest BCUT2D eigenvalue weighted by Crippen LogP contribution is -2.47. The molecule has 2 amide bonds. The maximum atomic E-state index is 12.7. The first-order chi connectivity index (χ1) is 13.6. The minimum absolute atomic E-state index is 0.0550. The van der Waals surface area contributed by atoms with Gasteiger partial charge in [0.15, 0.2) is 0 Å². The van der Waals surface area contributed by atoms with E-state index >= 15 is 0 Å². The molecule has 2 aromatic rings. The van der Waals surface area contributed by atoms with E-state index in [1.165, 1.54) is 0 Å². The van der Waals surface area contributed by atoms with Crippen LogP contribution in [0.3, 0.4) is 0 Å². The van der Waals surface area contributed by atoms with Gasteiger partial charge in [0.05, 0.1) is 20.6 Å². The van der Waals surface area contributed by atoms with E-state index < -0.39 is 0 Å². The van der Waals surface area contributed by atoms with Crippen molar-refractivity contribution in [3.8, 4) is 11.5 Å². The summed E-state index contributed by atoms with van der Waals surface area (Å²) in [5.41, 5.74) is 1.47. The van der Waals surface area contributed by atoms with Crippen molar-refractivity contribution in [3.05, 3.63) is 59.7 Å². The molecule has 0 saturated carbocycles. The highest BCUT2D eigenvalue weighted by atomic mass is 16.5. The molecule has 6 heteroatoms. The number of ether oxygens (including phenoxy) is 2. The van der Waals surface area contributed by atoms with Gasteiger partial charge in [-0.05, 0) is 43.2 Å².